The van der Waals surface area contributed by atoms with Crippen LogP contribution in [0, 0.1) is 28.7 Å². The van der Waals surface area contributed by atoms with Gasteiger partial charge in [0.2, 0.25) is 5.96 Å². The van der Waals surface area contributed by atoms with E-state index in [9.17, 15) is 5.26 Å². The minimum Gasteiger partial charge on any atom is -0.397 e. The number of aromatic nitrogens is 1. The highest BCUT2D eigenvalue weighted by Crippen LogP contribution is 2.40. The average molecular weight is 392 g/mol. The summed E-state index contributed by atoms with van der Waals surface area (Å²) in [5.74, 6) is 2.29. The summed E-state index contributed by atoms with van der Waals surface area (Å²) >= 11 is 1.79. The van der Waals surface area contributed by atoms with Crippen molar-refractivity contribution in [1.82, 2.24) is 10.3 Å². The monoisotopic (exact) mass is 392 g/mol. The van der Waals surface area contributed by atoms with Crippen molar-refractivity contribution in [2.75, 3.05) is 22.5 Å². The standard InChI is InChI=1S/C19H20N8S/c1-10(2)8-28-12-5-3-11(4-6-12)16-14-15(22)13(7-20)17(23)26-18(14)27-19(25-16)24-9-21/h3-6,10,16H,8H2,1-2H3,(H6,22,23,24,25,26,27). The van der Waals surface area contributed by atoms with E-state index in [4.69, 9.17) is 16.7 Å². The highest BCUT2D eigenvalue weighted by atomic mass is 32.2. The fraction of sp³-hybridized carbons (Fsp3) is 0.263. The van der Waals surface area contributed by atoms with Crippen molar-refractivity contribution in [2.24, 2.45) is 10.9 Å². The molecular formula is C19H20N8S. The van der Waals surface area contributed by atoms with Crippen LogP contribution in [0.5, 0.6) is 0 Å². The Bertz CT molecular complexity index is 999. The molecule has 142 valence electrons. The van der Waals surface area contributed by atoms with Gasteiger partial charge in [-0.05, 0) is 23.6 Å². The Balaban J connectivity index is 2.05. The molecule has 1 aliphatic rings. The lowest BCUT2D eigenvalue weighted by atomic mass is 9.95. The molecule has 0 fully saturated rings. The lowest BCUT2D eigenvalue weighted by Crippen LogP contribution is -2.32. The quantitative estimate of drug-likeness (QED) is 0.352. The fourth-order valence-electron chi connectivity index (χ4n) is 2.83. The van der Waals surface area contributed by atoms with Crippen LogP contribution in [-0.4, -0.2) is 16.7 Å². The molecule has 9 heteroatoms. The molecule has 6 N–H and O–H groups in total. The SMILES string of the molecule is CC(C)CSc1ccc(C2N=C(NC#N)Nc3nc(N)c(C#N)c(N)c32)cc1. The van der Waals surface area contributed by atoms with Crippen LogP contribution in [0.1, 0.15) is 36.6 Å². The normalized spacial score (nSPS) is 15.0. The molecule has 0 saturated heterocycles. The number of rotatable bonds is 4. The van der Waals surface area contributed by atoms with Crippen LogP contribution >= 0.6 is 11.8 Å². The van der Waals surface area contributed by atoms with Crippen LogP contribution in [0.25, 0.3) is 0 Å². The Morgan fingerprint density at radius 2 is 1.96 bits per heavy atom. The van der Waals surface area contributed by atoms with Crippen molar-refractivity contribution in [3.05, 3.63) is 41.0 Å². The average Bonchev–Trinajstić information content (AvgIpc) is 2.66. The van der Waals surface area contributed by atoms with Gasteiger partial charge in [0.15, 0.2) is 6.19 Å². The first-order valence-electron chi connectivity index (χ1n) is 8.66. The summed E-state index contributed by atoms with van der Waals surface area (Å²) in [4.78, 5) is 9.96. The molecular weight excluding hydrogens is 372 g/mol. The number of anilines is 3. The molecule has 0 aliphatic carbocycles. The minimum atomic E-state index is -0.517. The maximum atomic E-state index is 9.37. The van der Waals surface area contributed by atoms with Crippen molar-refractivity contribution in [3.8, 4) is 12.3 Å². The van der Waals surface area contributed by atoms with Gasteiger partial charge in [-0.2, -0.15) is 10.5 Å². The zero-order chi connectivity index (χ0) is 20.3. The summed E-state index contributed by atoms with van der Waals surface area (Å²) in [6, 6.07) is 9.48. The summed E-state index contributed by atoms with van der Waals surface area (Å²) in [7, 11) is 0. The Labute approximate surface area is 167 Å². The molecule has 3 rings (SSSR count). The van der Waals surface area contributed by atoms with Crippen molar-refractivity contribution < 1.29 is 0 Å². The van der Waals surface area contributed by atoms with E-state index in [0.29, 0.717) is 17.3 Å². The maximum absolute atomic E-state index is 9.37. The van der Waals surface area contributed by atoms with E-state index < -0.39 is 6.04 Å². The summed E-state index contributed by atoms with van der Waals surface area (Å²) in [5, 5.41) is 23.7. The Morgan fingerprint density at radius 3 is 2.57 bits per heavy atom. The van der Waals surface area contributed by atoms with Crippen molar-refractivity contribution in [2.45, 2.75) is 24.8 Å². The van der Waals surface area contributed by atoms with Crippen LogP contribution in [-0.2, 0) is 0 Å². The molecule has 0 saturated carbocycles. The predicted molar refractivity (Wildman–Crippen MR) is 111 cm³/mol. The van der Waals surface area contributed by atoms with Gasteiger partial charge in [-0.1, -0.05) is 26.0 Å². The van der Waals surface area contributed by atoms with Gasteiger partial charge in [-0.3, -0.25) is 5.32 Å². The number of nitrogens with two attached hydrogens (primary N) is 2. The highest BCUT2D eigenvalue weighted by molar-refractivity contribution is 7.99. The van der Waals surface area contributed by atoms with Crippen molar-refractivity contribution >= 4 is 35.0 Å². The fourth-order valence-corrected chi connectivity index (χ4v) is 3.69. The van der Waals surface area contributed by atoms with E-state index >= 15 is 0 Å². The third-order valence-corrected chi connectivity index (χ3v) is 5.58. The molecule has 1 aromatic carbocycles. The number of hydrogen-bond acceptors (Lipinski definition) is 9. The number of hydrogen-bond donors (Lipinski definition) is 4. The first-order chi connectivity index (χ1) is 13.4. The Kier molecular flexibility index (Phi) is 5.57. The van der Waals surface area contributed by atoms with Gasteiger partial charge in [-0.25, -0.2) is 9.98 Å². The molecule has 2 aromatic rings. The number of nitrogens with one attached hydrogen (secondary N) is 2. The van der Waals surface area contributed by atoms with Gasteiger partial charge in [0.05, 0.1) is 5.69 Å². The predicted octanol–water partition coefficient (Wildman–Crippen LogP) is 2.81. The number of aliphatic imine (C=N–C) groups is 1. The lowest BCUT2D eigenvalue weighted by Gasteiger charge is -2.26. The van der Waals surface area contributed by atoms with Gasteiger partial charge in [0.1, 0.15) is 29.3 Å². The van der Waals surface area contributed by atoms with Gasteiger partial charge in [0.25, 0.3) is 0 Å². The molecule has 0 bridgehead atoms. The van der Waals surface area contributed by atoms with E-state index in [1.54, 1.807) is 11.8 Å². The molecule has 28 heavy (non-hydrogen) atoms. The van der Waals surface area contributed by atoms with Crippen LogP contribution in [0.2, 0.25) is 0 Å². The summed E-state index contributed by atoms with van der Waals surface area (Å²) in [6.45, 7) is 4.36. The molecule has 2 heterocycles. The van der Waals surface area contributed by atoms with E-state index in [2.05, 4.69) is 34.5 Å². The maximum Gasteiger partial charge on any atom is 0.211 e. The third-order valence-electron chi connectivity index (χ3n) is 4.14. The second-order valence-electron chi connectivity index (χ2n) is 6.68. The van der Waals surface area contributed by atoms with Crippen LogP contribution in [0.3, 0.4) is 0 Å². The van der Waals surface area contributed by atoms with E-state index in [0.717, 1.165) is 16.2 Å². The van der Waals surface area contributed by atoms with Crippen LogP contribution in [0.15, 0.2) is 34.2 Å². The molecule has 0 spiro atoms. The second kappa shape index (κ2) is 8.07. The number of benzene rings is 1. The van der Waals surface area contributed by atoms with Gasteiger partial charge < -0.3 is 16.8 Å². The number of pyridine rings is 1. The molecule has 0 amide bonds. The number of nitriles is 2. The van der Waals surface area contributed by atoms with E-state index in [1.807, 2.05) is 36.5 Å². The first-order valence-corrected chi connectivity index (χ1v) is 9.64. The highest BCUT2D eigenvalue weighted by Gasteiger charge is 2.29. The van der Waals surface area contributed by atoms with Crippen molar-refractivity contribution in [1.29, 1.82) is 10.5 Å². The zero-order valence-electron chi connectivity index (χ0n) is 15.5. The molecule has 1 aromatic heterocycles. The summed E-state index contributed by atoms with van der Waals surface area (Å²) < 4.78 is 0. The van der Waals surface area contributed by atoms with E-state index in [1.165, 1.54) is 0 Å². The first kappa shape index (κ1) is 19.3. The largest absolute Gasteiger partial charge is 0.397 e. The van der Waals surface area contributed by atoms with E-state index in [-0.39, 0.29) is 23.0 Å². The summed E-state index contributed by atoms with van der Waals surface area (Å²) in [6.07, 6.45) is 1.84. The number of nitrogen functional groups attached to an aromatic ring is 2. The molecule has 1 aliphatic heterocycles. The van der Waals surface area contributed by atoms with Gasteiger partial charge in [-0.15, -0.1) is 11.8 Å². The molecule has 8 nitrogen and oxygen atoms in total. The minimum absolute atomic E-state index is 0.0311. The van der Waals surface area contributed by atoms with Crippen LogP contribution < -0.4 is 22.1 Å². The van der Waals surface area contributed by atoms with Crippen LogP contribution in [0.4, 0.5) is 17.3 Å². The van der Waals surface area contributed by atoms with Crippen molar-refractivity contribution in [3.63, 3.8) is 0 Å². The number of guanidine groups is 1. The van der Waals surface area contributed by atoms with Gasteiger partial charge >= 0.3 is 0 Å². The lowest BCUT2D eigenvalue weighted by molar-refractivity contribution is 0.750. The molecule has 1 unspecified atom stereocenters. The zero-order valence-corrected chi connectivity index (χ0v) is 16.3. The Hall–Kier alpha value is -3.43. The number of nitrogens with zero attached hydrogens (tertiary/aromatic N) is 4. The van der Waals surface area contributed by atoms with Gasteiger partial charge in [0, 0.05) is 16.2 Å². The number of thioether (sulfide) groups is 1. The summed E-state index contributed by atoms with van der Waals surface area (Å²) in [5.41, 5.74) is 13.9. The topological polar surface area (TPSA) is 149 Å². The Morgan fingerprint density at radius 1 is 1.25 bits per heavy atom. The third kappa shape index (κ3) is 3.80. The smallest absolute Gasteiger partial charge is 0.211 e. The molecule has 0 radical (unpaired) electrons. The molecule has 1 atom stereocenters. The second-order valence-corrected chi connectivity index (χ2v) is 7.77. The number of fused-ring (bicyclic) bond motifs is 1.